The van der Waals surface area contributed by atoms with Crippen LogP contribution in [0.15, 0.2) is 72.9 Å². The summed E-state index contributed by atoms with van der Waals surface area (Å²) in [6.45, 7) is 1.92. The van der Waals surface area contributed by atoms with Crippen LogP contribution in [0, 0.1) is 0 Å². The van der Waals surface area contributed by atoms with Crippen molar-refractivity contribution in [3.63, 3.8) is 0 Å². The highest BCUT2D eigenvalue weighted by Crippen LogP contribution is 2.24. The summed E-state index contributed by atoms with van der Waals surface area (Å²) < 4.78 is 5.52. The van der Waals surface area contributed by atoms with Crippen LogP contribution in [0.1, 0.15) is 23.0 Å². The number of nitrogens with zero attached hydrogens (tertiary/aromatic N) is 1. The molecule has 0 radical (unpaired) electrons. The molecule has 2 aromatic carbocycles. The number of nitrogens with two attached hydrogens (primary N) is 1. The molecule has 0 spiro atoms. The number of carbonyl (C=O) groups excluding carboxylic acids is 2. The van der Waals surface area contributed by atoms with E-state index < -0.39 is 12.0 Å². The van der Waals surface area contributed by atoms with Crippen molar-refractivity contribution in [2.45, 2.75) is 19.6 Å². The molecule has 0 saturated carbocycles. The molecule has 29 heavy (non-hydrogen) atoms. The molecular weight excluding hydrogens is 368 g/mol. The van der Waals surface area contributed by atoms with Crippen LogP contribution in [0.25, 0.3) is 0 Å². The number of primary amides is 1. The molecule has 0 aliphatic carbocycles. The van der Waals surface area contributed by atoms with Crippen molar-refractivity contribution < 1.29 is 14.3 Å². The molecular formula is C22H22N4O3. The van der Waals surface area contributed by atoms with Gasteiger partial charge in [-0.3, -0.25) is 14.6 Å². The fraction of sp³-hybridized carbons (Fsp3) is 0.136. The molecule has 7 nitrogen and oxygen atoms in total. The van der Waals surface area contributed by atoms with Gasteiger partial charge in [0.05, 0.1) is 23.5 Å². The number of pyridine rings is 1. The van der Waals surface area contributed by atoms with Gasteiger partial charge in [0.2, 0.25) is 0 Å². The van der Waals surface area contributed by atoms with Crippen LogP contribution in [-0.4, -0.2) is 22.9 Å². The van der Waals surface area contributed by atoms with Gasteiger partial charge >= 0.3 is 0 Å². The summed E-state index contributed by atoms with van der Waals surface area (Å²) in [5.41, 5.74) is 7.88. The number of carbonyl (C=O) groups is 2. The lowest BCUT2D eigenvalue weighted by atomic mass is 10.1. The highest BCUT2D eigenvalue weighted by atomic mass is 16.5. The Morgan fingerprint density at radius 1 is 1.07 bits per heavy atom. The molecule has 0 saturated heterocycles. The van der Waals surface area contributed by atoms with E-state index in [-0.39, 0.29) is 5.91 Å². The standard InChI is InChI=1S/C22H22N4O3/c1-15(21(23)27)29-18-9-6-8-16(13-18)26-20-11-3-2-10-19(20)22(28)25-14-17-7-4-5-12-24-17/h2-13,15,26H,14H2,1H3,(H2,23,27)(H,25,28). The average Bonchev–Trinajstić information content (AvgIpc) is 2.73. The second kappa shape index (κ2) is 9.36. The van der Waals surface area contributed by atoms with Gasteiger partial charge in [-0.25, -0.2) is 0 Å². The highest BCUT2D eigenvalue weighted by Gasteiger charge is 2.13. The fourth-order valence-electron chi connectivity index (χ4n) is 2.62. The van der Waals surface area contributed by atoms with Crippen molar-refractivity contribution in [2.75, 3.05) is 5.32 Å². The smallest absolute Gasteiger partial charge is 0.258 e. The maximum absolute atomic E-state index is 12.7. The molecule has 3 rings (SSSR count). The van der Waals surface area contributed by atoms with Crippen LogP contribution in [0.5, 0.6) is 5.75 Å². The number of amides is 2. The molecule has 148 valence electrons. The number of aromatic nitrogens is 1. The molecule has 1 heterocycles. The Morgan fingerprint density at radius 2 is 1.86 bits per heavy atom. The SMILES string of the molecule is CC(Oc1cccc(Nc2ccccc2C(=O)NCc2ccccn2)c1)C(N)=O. The van der Waals surface area contributed by atoms with Crippen LogP contribution >= 0.6 is 0 Å². The number of benzene rings is 2. The Morgan fingerprint density at radius 3 is 2.62 bits per heavy atom. The zero-order chi connectivity index (χ0) is 20.6. The van der Waals surface area contributed by atoms with Gasteiger partial charge in [0, 0.05) is 18.0 Å². The Balaban J connectivity index is 1.72. The molecule has 1 atom stereocenters. The molecule has 7 heteroatoms. The van der Waals surface area contributed by atoms with Gasteiger partial charge < -0.3 is 21.1 Å². The summed E-state index contributed by atoms with van der Waals surface area (Å²) in [6, 6.07) is 19.8. The molecule has 2 amide bonds. The molecule has 3 aromatic rings. The molecule has 1 aromatic heterocycles. The number of hydrogen-bond donors (Lipinski definition) is 3. The van der Waals surface area contributed by atoms with E-state index in [0.29, 0.717) is 29.2 Å². The molecule has 0 aliphatic heterocycles. The first-order chi connectivity index (χ1) is 14.0. The summed E-state index contributed by atoms with van der Waals surface area (Å²) in [5.74, 6) is -0.259. The number of para-hydroxylation sites is 1. The third-order valence-corrected chi connectivity index (χ3v) is 4.15. The lowest BCUT2D eigenvalue weighted by Gasteiger charge is -2.15. The van der Waals surface area contributed by atoms with Crippen molar-refractivity contribution in [2.24, 2.45) is 5.73 Å². The zero-order valence-corrected chi connectivity index (χ0v) is 16.0. The van der Waals surface area contributed by atoms with Gasteiger partial charge in [-0.2, -0.15) is 0 Å². The lowest BCUT2D eigenvalue weighted by molar-refractivity contribution is -0.123. The monoisotopic (exact) mass is 390 g/mol. The maximum atomic E-state index is 12.7. The third-order valence-electron chi connectivity index (χ3n) is 4.15. The maximum Gasteiger partial charge on any atom is 0.258 e. The Bertz CT molecular complexity index is 992. The predicted molar refractivity (Wildman–Crippen MR) is 111 cm³/mol. The quantitative estimate of drug-likeness (QED) is 0.548. The predicted octanol–water partition coefficient (Wildman–Crippen LogP) is 3.01. The average molecular weight is 390 g/mol. The summed E-state index contributed by atoms with van der Waals surface area (Å²) in [4.78, 5) is 28.1. The van der Waals surface area contributed by atoms with E-state index in [1.165, 1.54) is 0 Å². The minimum absolute atomic E-state index is 0.214. The van der Waals surface area contributed by atoms with Gasteiger partial charge in [0.25, 0.3) is 11.8 Å². The minimum Gasteiger partial charge on any atom is -0.481 e. The van der Waals surface area contributed by atoms with Gasteiger partial charge in [0.15, 0.2) is 6.10 Å². The molecule has 4 N–H and O–H groups in total. The van der Waals surface area contributed by atoms with E-state index in [1.807, 2.05) is 36.4 Å². The summed E-state index contributed by atoms with van der Waals surface area (Å²) >= 11 is 0. The van der Waals surface area contributed by atoms with Gasteiger partial charge in [-0.15, -0.1) is 0 Å². The molecule has 0 aliphatic rings. The molecule has 0 fully saturated rings. The normalized spacial score (nSPS) is 11.3. The fourth-order valence-corrected chi connectivity index (χ4v) is 2.62. The lowest BCUT2D eigenvalue weighted by Crippen LogP contribution is -2.30. The first kappa shape index (κ1) is 19.9. The molecule has 0 bridgehead atoms. The third kappa shape index (κ3) is 5.55. The van der Waals surface area contributed by atoms with Crippen molar-refractivity contribution in [3.05, 3.63) is 84.2 Å². The van der Waals surface area contributed by atoms with E-state index >= 15 is 0 Å². The number of anilines is 2. The second-order valence-electron chi connectivity index (χ2n) is 6.36. The van der Waals surface area contributed by atoms with Crippen molar-refractivity contribution in [1.29, 1.82) is 0 Å². The minimum atomic E-state index is -0.741. The van der Waals surface area contributed by atoms with E-state index in [2.05, 4.69) is 15.6 Å². The molecule has 1 unspecified atom stereocenters. The number of hydrogen-bond acceptors (Lipinski definition) is 5. The van der Waals surface area contributed by atoms with E-state index in [0.717, 1.165) is 5.69 Å². The van der Waals surface area contributed by atoms with Gasteiger partial charge in [-0.1, -0.05) is 24.3 Å². The number of rotatable bonds is 8. The van der Waals surface area contributed by atoms with E-state index in [4.69, 9.17) is 10.5 Å². The first-order valence-electron chi connectivity index (χ1n) is 9.13. The summed E-state index contributed by atoms with van der Waals surface area (Å²) in [5, 5.41) is 6.10. The van der Waals surface area contributed by atoms with Crippen molar-refractivity contribution in [3.8, 4) is 5.75 Å². The summed E-state index contributed by atoms with van der Waals surface area (Å²) in [6.07, 6.45) is 0.945. The van der Waals surface area contributed by atoms with Gasteiger partial charge in [-0.05, 0) is 43.3 Å². The second-order valence-corrected chi connectivity index (χ2v) is 6.36. The van der Waals surface area contributed by atoms with Crippen LogP contribution < -0.4 is 21.1 Å². The largest absolute Gasteiger partial charge is 0.481 e. The van der Waals surface area contributed by atoms with Crippen molar-refractivity contribution >= 4 is 23.2 Å². The van der Waals surface area contributed by atoms with Crippen molar-refractivity contribution in [1.82, 2.24) is 10.3 Å². The van der Waals surface area contributed by atoms with Crippen LogP contribution in [0.3, 0.4) is 0 Å². The Kier molecular flexibility index (Phi) is 6.42. The topological polar surface area (TPSA) is 106 Å². The van der Waals surface area contributed by atoms with Crippen LogP contribution in [0.4, 0.5) is 11.4 Å². The highest BCUT2D eigenvalue weighted by molar-refractivity contribution is 6.00. The number of ether oxygens (including phenoxy) is 1. The first-order valence-corrected chi connectivity index (χ1v) is 9.13. The Hall–Kier alpha value is -3.87. The van der Waals surface area contributed by atoms with Crippen LogP contribution in [0.2, 0.25) is 0 Å². The van der Waals surface area contributed by atoms with E-state index in [1.54, 1.807) is 43.5 Å². The zero-order valence-electron chi connectivity index (χ0n) is 16.0. The van der Waals surface area contributed by atoms with E-state index in [9.17, 15) is 9.59 Å². The van der Waals surface area contributed by atoms with Gasteiger partial charge in [0.1, 0.15) is 5.75 Å². The Labute approximate surface area is 168 Å². The number of nitrogens with one attached hydrogen (secondary N) is 2. The van der Waals surface area contributed by atoms with Crippen LogP contribution in [-0.2, 0) is 11.3 Å². The summed E-state index contributed by atoms with van der Waals surface area (Å²) in [7, 11) is 0.